The lowest BCUT2D eigenvalue weighted by Gasteiger charge is -2.18. The van der Waals surface area contributed by atoms with E-state index < -0.39 is 0 Å². The summed E-state index contributed by atoms with van der Waals surface area (Å²) in [6, 6.07) is 8.58. The molecule has 0 saturated heterocycles. The summed E-state index contributed by atoms with van der Waals surface area (Å²) in [5.74, 6) is -0.224. The molecule has 4 heteroatoms. The summed E-state index contributed by atoms with van der Waals surface area (Å²) in [5.41, 5.74) is 1.91. The molecule has 2 aromatic rings. The lowest BCUT2D eigenvalue weighted by Crippen LogP contribution is -2.22. The Hall–Kier alpha value is -1.26. The highest BCUT2D eigenvalue weighted by Crippen LogP contribution is 2.24. The van der Waals surface area contributed by atoms with Crippen molar-refractivity contribution in [3.8, 4) is 0 Å². The van der Waals surface area contributed by atoms with E-state index >= 15 is 0 Å². The summed E-state index contributed by atoms with van der Waals surface area (Å²) in [6.45, 7) is 2.82. The minimum atomic E-state index is -0.224. The van der Waals surface area contributed by atoms with Crippen LogP contribution in [0.1, 0.15) is 24.1 Å². The summed E-state index contributed by atoms with van der Waals surface area (Å²) in [5, 5.41) is 3.34. The molecule has 1 atom stereocenters. The van der Waals surface area contributed by atoms with Gasteiger partial charge in [-0.2, -0.15) is 0 Å². The minimum absolute atomic E-state index is 0.0456. The zero-order chi connectivity index (χ0) is 13.0. The van der Waals surface area contributed by atoms with E-state index in [4.69, 9.17) is 0 Å². The van der Waals surface area contributed by atoms with Crippen LogP contribution in [0.2, 0.25) is 0 Å². The van der Waals surface area contributed by atoms with Gasteiger partial charge in [0, 0.05) is 16.9 Å². The van der Waals surface area contributed by atoms with Gasteiger partial charge in [-0.15, -0.1) is 0 Å². The van der Waals surface area contributed by atoms with Gasteiger partial charge in [-0.3, -0.25) is 4.98 Å². The van der Waals surface area contributed by atoms with E-state index in [1.54, 1.807) is 24.5 Å². The molecule has 0 aliphatic heterocycles. The fourth-order valence-corrected chi connectivity index (χ4v) is 2.29. The number of halogens is 2. The number of hydrogen-bond donors (Lipinski definition) is 1. The molecule has 1 aromatic carbocycles. The molecule has 0 saturated carbocycles. The molecule has 1 N–H and O–H groups in total. The number of rotatable bonds is 4. The normalized spacial score (nSPS) is 12.4. The summed E-state index contributed by atoms with van der Waals surface area (Å²) in [7, 11) is 0. The van der Waals surface area contributed by atoms with Crippen LogP contribution >= 0.6 is 15.9 Å². The van der Waals surface area contributed by atoms with Gasteiger partial charge in [0.25, 0.3) is 0 Å². The quantitative estimate of drug-likeness (QED) is 0.932. The largest absolute Gasteiger partial charge is 0.306 e. The Kier molecular flexibility index (Phi) is 4.44. The Morgan fingerprint density at radius 1 is 1.28 bits per heavy atom. The van der Waals surface area contributed by atoms with Crippen LogP contribution in [-0.2, 0) is 0 Å². The van der Waals surface area contributed by atoms with Crippen LogP contribution in [0.25, 0.3) is 0 Å². The molecule has 0 radical (unpaired) electrons. The maximum absolute atomic E-state index is 13.3. The summed E-state index contributed by atoms with van der Waals surface area (Å²) >= 11 is 3.40. The number of benzene rings is 1. The molecule has 0 aliphatic carbocycles. The van der Waals surface area contributed by atoms with Gasteiger partial charge in [0.1, 0.15) is 5.82 Å². The second-order valence-corrected chi connectivity index (χ2v) is 4.90. The van der Waals surface area contributed by atoms with E-state index in [0.29, 0.717) is 0 Å². The Balaban J connectivity index is 2.39. The summed E-state index contributed by atoms with van der Waals surface area (Å²) < 4.78 is 14.2. The third-order valence-corrected chi connectivity index (χ3v) is 3.08. The lowest BCUT2D eigenvalue weighted by atomic mass is 10.00. The van der Waals surface area contributed by atoms with Crippen molar-refractivity contribution in [2.75, 3.05) is 6.54 Å². The van der Waals surface area contributed by atoms with Crippen LogP contribution in [0.4, 0.5) is 4.39 Å². The van der Waals surface area contributed by atoms with Crippen LogP contribution in [-0.4, -0.2) is 11.5 Å². The third-order valence-electron chi connectivity index (χ3n) is 2.65. The van der Waals surface area contributed by atoms with Crippen LogP contribution in [0.3, 0.4) is 0 Å². The van der Waals surface area contributed by atoms with Crippen molar-refractivity contribution < 1.29 is 4.39 Å². The first-order chi connectivity index (χ1) is 8.70. The average molecular weight is 309 g/mol. The molecule has 0 fully saturated rings. The maximum Gasteiger partial charge on any atom is 0.123 e. The van der Waals surface area contributed by atoms with Gasteiger partial charge in [-0.1, -0.05) is 19.1 Å². The van der Waals surface area contributed by atoms with E-state index in [0.717, 1.165) is 22.1 Å². The number of nitrogens with one attached hydrogen (secondary N) is 1. The lowest BCUT2D eigenvalue weighted by molar-refractivity contribution is 0.602. The van der Waals surface area contributed by atoms with Crippen LogP contribution in [0.5, 0.6) is 0 Å². The molecule has 2 nitrogen and oxygen atoms in total. The Morgan fingerprint density at radius 2 is 2.11 bits per heavy atom. The van der Waals surface area contributed by atoms with Gasteiger partial charge < -0.3 is 5.32 Å². The van der Waals surface area contributed by atoms with Gasteiger partial charge in [0.05, 0.1) is 6.04 Å². The molecule has 0 aliphatic rings. The summed E-state index contributed by atoms with van der Waals surface area (Å²) in [4.78, 5) is 4.15. The zero-order valence-corrected chi connectivity index (χ0v) is 11.6. The number of nitrogens with zero attached hydrogens (tertiary/aromatic N) is 1. The first-order valence-corrected chi connectivity index (χ1v) is 6.59. The topological polar surface area (TPSA) is 24.9 Å². The van der Waals surface area contributed by atoms with Gasteiger partial charge in [-0.25, -0.2) is 4.39 Å². The summed E-state index contributed by atoms with van der Waals surface area (Å²) in [6.07, 6.45) is 3.53. The van der Waals surface area contributed by atoms with E-state index in [2.05, 4.69) is 26.2 Å². The predicted octanol–water partition coefficient (Wildman–Crippen LogP) is 3.68. The monoisotopic (exact) mass is 308 g/mol. The van der Waals surface area contributed by atoms with Crippen molar-refractivity contribution in [2.45, 2.75) is 13.0 Å². The highest BCUT2D eigenvalue weighted by molar-refractivity contribution is 9.10. The second kappa shape index (κ2) is 6.07. The van der Waals surface area contributed by atoms with Crippen molar-refractivity contribution in [1.82, 2.24) is 10.3 Å². The van der Waals surface area contributed by atoms with E-state index in [9.17, 15) is 4.39 Å². The van der Waals surface area contributed by atoms with Crippen molar-refractivity contribution >= 4 is 15.9 Å². The molecule has 18 heavy (non-hydrogen) atoms. The zero-order valence-electron chi connectivity index (χ0n) is 10.0. The van der Waals surface area contributed by atoms with E-state index in [1.807, 2.05) is 19.1 Å². The number of aromatic nitrogens is 1. The maximum atomic E-state index is 13.3. The number of hydrogen-bond acceptors (Lipinski definition) is 2. The molecule has 2 rings (SSSR count). The standard InChI is InChI=1S/C14H14BrFN2/c1-2-18-14(10-4-3-5-13(16)7-10)11-6-12(15)9-17-8-11/h3-9,14,18H,2H2,1H3. The third kappa shape index (κ3) is 3.15. The fraction of sp³-hybridized carbons (Fsp3) is 0.214. The first kappa shape index (κ1) is 13.2. The van der Waals surface area contributed by atoms with Gasteiger partial charge in [-0.05, 0) is 51.8 Å². The molecular formula is C14H14BrFN2. The van der Waals surface area contributed by atoms with Gasteiger partial charge in [0.2, 0.25) is 0 Å². The Labute approximate surface area is 114 Å². The second-order valence-electron chi connectivity index (χ2n) is 3.98. The molecule has 0 bridgehead atoms. The molecule has 1 aromatic heterocycles. The van der Waals surface area contributed by atoms with Crippen molar-refractivity contribution in [2.24, 2.45) is 0 Å². The highest BCUT2D eigenvalue weighted by Gasteiger charge is 2.14. The first-order valence-electron chi connectivity index (χ1n) is 5.80. The van der Waals surface area contributed by atoms with Gasteiger partial charge >= 0.3 is 0 Å². The van der Waals surface area contributed by atoms with Crippen molar-refractivity contribution in [3.63, 3.8) is 0 Å². The number of pyridine rings is 1. The molecule has 0 spiro atoms. The van der Waals surface area contributed by atoms with Crippen LogP contribution in [0, 0.1) is 5.82 Å². The Bertz CT molecular complexity index is 485. The smallest absolute Gasteiger partial charge is 0.123 e. The minimum Gasteiger partial charge on any atom is -0.306 e. The van der Waals surface area contributed by atoms with E-state index in [-0.39, 0.29) is 11.9 Å². The van der Waals surface area contributed by atoms with Crippen LogP contribution < -0.4 is 5.32 Å². The predicted molar refractivity (Wildman–Crippen MR) is 73.9 cm³/mol. The van der Waals surface area contributed by atoms with E-state index in [1.165, 1.54) is 6.07 Å². The molecule has 0 amide bonds. The molecule has 1 heterocycles. The average Bonchev–Trinajstić information content (AvgIpc) is 2.36. The molecule has 94 valence electrons. The molecular weight excluding hydrogens is 295 g/mol. The molecule has 1 unspecified atom stereocenters. The van der Waals surface area contributed by atoms with Crippen molar-refractivity contribution in [1.29, 1.82) is 0 Å². The van der Waals surface area contributed by atoms with Crippen molar-refractivity contribution in [3.05, 3.63) is 64.1 Å². The van der Waals surface area contributed by atoms with Crippen LogP contribution in [0.15, 0.2) is 47.2 Å². The highest BCUT2D eigenvalue weighted by atomic mass is 79.9. The Morgan fingerprint density at radius 3 is 2.78 bits per heavy atom. The SMILES string of the molecule is CCNC(c1cccc(F)c1)c1cncc(Br)c1. The fourth-order valence-electron chi connectivity index (χ4n) is 1.90. The van der Waals surface area contributed by atoms with Gasteiger partial charge in [0.15, 0.2) is 0 Å².